The molecule has 1 fully saturated rings. The van der Waals surface area contributed by atoms with Gasteiger partial charge in [-0.3, -0.25) is 0 Å². The zero-order valence-corrected chi connectivity index (χ0v) is 15.6. The lowest BCUT2D eigenvalue weighted by Crippen LogP contribution is -2.48. The summed E-state index contributed by atoms with van der Waals surface area (Å²) in [5.74, 6) is 0. The smallest absolute Gasteiger partial charge is 0.315 e. The normalized spacial score (nSPS) is 16.6. The molecule has 1 aliphatic rings. The monoisotopic (exact) mass is 369 g/mol. The number of hydrogen-bond donors (Lipinski definition) is 2. The number of hydrogen-bond acceptors (Lipinski definition) is 4. The number of urea groups is 1. The Morgan fingerprint density at radius 3 is 2.48 bits per heavy atom. The van der Waals surface area contributed by atoms with Gasteiger partial charge in [0.05, 0.1) is 12.9 Å². The van der Waals surface area contributed by atoms with Gasteiger partial charge in [0.15, 0.2) is 0 Å². The number of carbonyl (C=O) groups is 1. The van der Waals surface area contributed by atoms with Crippen molar-refractivity contribution in [2.45, 2.75) is 39.0 Å². The van der Waals surface area contributed by atoms with Gasteiger partial charge in [-0.1, -0.05) is 24.3 Å². The summed E-state index contributed by atoms with van der Waals surface area (Å²) in [6, 6.07) is 7.62. The molecule has 2 rings (SSSR count). The van der Waals surface area contributed by atoms with Gasteiger partial charge in [0.1, 0.15) is 0 Å². The minimum atomic E-state index is -3.14. The second-order valence-corrected chi connectivity index (χ2v) is 8.15. The Hall–Kier alpha value is -1.64. The highest BCUT2D eigenvalue weighted by Crippen LogP contribution is 2.13. The summed E-state index contributed by atoms with van der Waals surface area (Å²) in [5, 5.41) is 5.79. The van der Waals surface area contributed by atoms with Crippen LogP contribution >= 0.6 is 0 Å². The molecular formula is C17H27N3O4S. The zero-order valence-electron chi connectivity index (χ0n) is 14.8. The van der Waals surface area contributed by atoms with Crippen molar-refractivity contribution >= 4 is 16.1 Å². The number of rotatable bonds is 7. The van der Waals surface area contributed by atoms with Crippen molar-refractivity contribution in [3.05, 3.63) is 35.4 Å². The molecule has 1 aromatic rings. The summed E-state index contributed by atoms with van der Waals surface area (Å²) in [5.41, 5.74) is 2.09. The fraction of sp³-hybridized carbons (Fsp3) is 0.588. The van der Waals surface area contributed by atoms with Crippen molar-refractivity contribution in [1.29, 1.82) is 0 Å². The highest BCUT2D eigenvalue weighted by molar-refractivity contribution is 7.88. The second-order valence-electron chi connectivity index (χ2n) is 6.17. The fourth-order valence-corrected chi connectivity index (χ4v) is 3.70. The van der Waals surface area contributed by atoms with Crippen LogP contribution in [0.1, 0.15) is 30.9 Å². The predicted octanol–water partition coefficient (Wildman–Crippen LogP) is 1.45. The van der Waals surface area contributed by atoms with Gasteiger partial charge in [0.25, 0.3) is 0 Å². The Morgan fingerprint density at radius 1 is 1.24 bits per heavy atom. The van der Waals surface area contributed by atoms with Crippen molar-refractivity contribution in [2.75, 3.05) is 26.0 Å². The number of benzene rings is 1. The molecule has 0 radical (unpaired) electrons. The molecule has 0 atom stereocenters. The Morgan fingerprint density at radius 2 is 1.88 bits per heavy atom. The van der Waals surface area contributed by atoms with E-state index in [1.807, 2.05) is 31.2 Å². The van der Waals surface area contributed by atoms with Crippen molar-refractivity contribution in [3.8, 4) is 0 Å². The van der Waals surface area contributed by atoms with E-state index in [1.54, 1.807) is 0 Å². The average Bonchev–Trinajstić information content (AvgIpc) is 2.58. The summed E-state index contributed by atoms with van der Waals surface area (Å²) in [6.07, 6.45) is 2.47. The van der Waals surface area contributed by atoms with E-state index in [0.717, 1.165) is 11.1 Å². The molecule has 0 unspecified atom stereocenters. The Bertz CT molecular complexity index is 670. The minimum Gasteiger partial charge on any atom is -0.377 e. The standard InChI is InChI=1S/C17H27N3O4S/c1-3-24-13-15-7-5-4-6-14(15)12-18-17(21)19-16-8-10-20(11-9-16)25(2,22)23/h4-7,16H,3,8-13H2,1-2H3,(H2,18,19,21). The molecule has 140 valence electrons. The number of nitrogens with one attached hydrogen (secondary N) is 2. The lowest BCUT2D eigenvalue weighted by molar-refractivity contribution is 0.133. The molecule has 25 heavy (non-hydrogen) atoms. The number of ether oxygens (including phenoxy) is 1. The van der Waals surface area contributed by atoms with Crippen LogP contribution < -0.4 is 10.6 Å². The van der Waals surface area contributed by atoms with Crippen molar-refractivity contribution < 1.29 is 17.9 Å². The molecule has 2 N–H and O–H groups in total. The van der Waals surface area contributed by atoms with Gasteiger partial charge in [-0.25, -0.2) is 17.5 Å². The maximum Gasteiger partial charge on any atom is 0.315 e. The SMILES string of the molecule is CCOCc1ccccc1CNC(=O)NC1CCN(S(C)(=O)=O)CC1. The van der Waals surface area contributed by atoms with Crippen LogP contribution in [0.4, 0.5) is 4.79 Å². The number of carbonyl (C=O) groups excluding carboxylic acids is 1. The summed E-state index contributed by atoms with van der Waals surface area (Å²) >= 11 is 0. The van der Waals surface area contributed by atoms with E-state index < -0.39 is 10.0 Å². The van der Waals surface area contributed by atoms with Crippen molar-refractivity contribution in [1.82, 2.24) is 14.9 Å². The molecule has 1 aliphatic heterocycles. The lowest BCUT2D eigenvalue weighted by atomic mass is 10.1. The third-order valence-electron chi connectivity index (χ3n) is 4.28. The van der Waals surface area contributed by atoms with Gasteiger partial charge in [0, 0.05) is 32.3 Å². The second kappa shape index (κ2) is 9.17. The van der Waals surface area contributed by atoms with Crippen LogP contribution in [0.15, 0.2) is 24.3 Å². The molecule has 1 heterocycles. The van der Waals surface area contributed by atoms with Crippen LogP contribution in [0.5, 0.6) is 0 Å². The van der Waals surface area contributed by atoms with E-state index in [4.69, 9.17) is 4.74 Å². The molecule has 0 saturated carbocycles. The first-order chi connectivity index (χ1) is 11.9. The highest BCUT2D eigenvalue weighted by atomic mass is 32.2. The quantitative estimate of drug-likeness (QED) is 0.761. The van der Waals surface area contributed by atoms with E-state index >= 15 is 0 Å². The predicted molar refractivity (Wildman–Crippen MR) is 96.6 cm³/mol. The summed E-state index contributed by atoms with van der Waals surface area (Å²) in [6.45, 7) is 4.44. The van der Waals surface area contributed by atoms with Crippen LogP contribution in [-0.2, 0) is 27.9 Å². The van der Waals surface area contributed by atoms with Crippen molar-refractivity contribution in [3.63, 3.8) is 0 Å². The Balaban J connectivity index is 1.78. The maximum atomic E-state index is 12.1. The van der Waals surface area contributed by atoms with Gasteiger partial charge in [0.2, 0.25) is 10.0 Å². The molecule has 8 heteroatoms. The molecule has 0 spiro atoms. The van der Waals surface area contributed by atoms with Crippen LogP contribution in [0.3, 0.4) is 0 Å². The number of sulfonamides is 1. The van der Waals surface area contributed by atoms with E-state index in [0.29, 0.717) is 45.7 Å². The maximum absolute atomic E-state index is 12.1. The zero-order chi connectivity index (χ0) is 18.3. The first-order valence-electron chi connectivity index (χ1n) is 8.54. The third-order valence-corrected chi connectivity index (χ3v) is 5.58. The van der Waals surface area contributed by atoms with Gasteiger partial charge < -0.3 is 15.4 Å². The van der Waals surface area contributed by atoms with Gasteiger partial charge in [-0.2, -0.15) is 0 Å². The minimum absolute atomic E-state index is 0.00308. The van der Waals surface area contributed by atoms with Gasteiger partial charge >= 0.3 is 6.03 Å². The molecule has 0 bridgehead atoms. The van der Waals surface area contributed by atoms with Crippen LogP contribution in [0.2, 0.25) is 0 Å². The molecule has 0 aliphatic carbocycles. The third kappa shape index (κ3) is 6.30. The van der Waals surface area contributed by atoms with E-state index in [9.17, 15) is 13.2 Å². The number of amides is 2. The van der Waals surface area contributed by atoms with Crippen LogP contribution in [0.25, 0.3) is 0 Å². The molecule has 2 amide bonds. The Kier molecular flexibility index (Phi) is 7.22. The first kappa shape index (κ1) is 19.7. The molecule has 1 aromatic carbocycles. The summed E-state index contributed by atoms with van der Waals surface area (Å²) in [4.78, 5) is 12.1. The van der Waals surface area contributed by atoms with Crippen LogP contribution in [0, 0.1) is 0 Å². The lowest BCUT2D eigenvalue weighted by Gasteiger charge is -2.30. The topological polar surface area (TPSA) is 87.7 Å². The largest absolute Gasteiger partial charge is 0.377 e. The van der Waals surface area contributed by atoms with E-state index in [2.05, 4.69) is 10.6 Å². The number of piperidine rings is 1. The summed E-state index contributed by atoms with van der Waals surface area (Å²) < 4.78 is 29.9. The number of nitrogens with zero attached hydrogens (tertiary/aromatic N) is 1. The van der Waals surface area contributed by atoms with Crippen molar-refractivity contribution in [2.24, 2.45) is 0 Å². The molecule has 1 saturated heterocycles. The average molecular weight is 369 g/mol. The molecular weight excluding hydrogens is 342 g/mol. The fourth-order valence-electron chi connectivity index (χ4n) is 2.83. The summed E-state index contributed by atoms with van der Waals surface area (Å²) in [7, 11) is -3.14. The van der Waals surface area contributed by atoms with E-state index in [1.165, 1.54) is 10.6 Å². The van der Waals surface area contributed by atoms with Crippen LogP contribution in [-0.4, -0.2) is 50.7 Å². The van der Waals surface area contributed by atoms with Gasteiger partial charge in [-0.05, 0) is 30.9 Å². The molecule has 7 nitrogen and oxygen atoms in total. The van der Waals surface area contributed by atoms with Gasteiger partial charge in [-0.15, -0.1) is 0 Å². The molecule has 0 aromatic heterocycles. The first-order valence-corrected chi connectivity index (χ1v) is 10.4. The highest BCUT2D eigenvalue weighted by Gasteiger charge is 2.25. The Labute approximate surface area is 149 Å². The van der Waals surface area contributed by atoms with E-state index in [-0.39, 0.29) is 12.1 Å².